The summed E-state index contributed by atoms with van der Waals surface area (Å²) in [6, 6.07) is 16.2. The number of H-pyrrole nitrogens is 2. The third kappa shape index (κ3) is 1.99. The molecule has 0 aliphatic heterocycles. The van der Waals surface area contributed by atoms with Crippen LogP contribution in [-0.2, 0) is 0 Å². The predicted octanol–water partition coefficient (Wildman–Crippen LogP) is 4.17. The summed E-state index contributed by atoms with van der Waals surface area (Å²) < 4.78 is 0. The molecule has 4 heterocycles. The lowest BCUT2D eigenvalue weighted by Crippen LogP contribution is -1.82. The first-order valence-corrected chi connectivity index (χ1v) is 7.71. The molecule has 5 aromatic rings. The Bertz CT molecular complexity index is 1120. The van der Waals surface area contributed by atoms with Crippen molar-refractivity contribution in [1.29, 1.82) is 0 Å². The third-order valence-electron chi connectivity index (χ3n) is 4.20. The zero-order chi connectivity index (χ0) is 15.9. The number of pyridine rings is 2. The molecule has 1 aromatic carbocycles. The minimum atomic E-state index is 0.902. The molecule has 0 unspecified atom stereocenters. The Kier molecular flexibility index (Phi) is 2.72. The molecule has 5 rings (SSSR count). The van der Waals surface area contributed by atoms with Gasteiger partial charge in [0.1, 0.15) is 5.69 Å². The Morgan fingerprint density at radius 1 is 0.875 bits per heavy atom. The highest BCUT2D eigenvalue weighted by Crippen LogP contribution is 2.31. The topological polar surface area (TPSA) is 70.2 Å². The van der Waals surface area contributed by atoms with Crippen molar-refractivity contribution in [2.45, 2.75) is 0 Å². The van der Waals surface area contributed by atoms with E-state index in [0.717, 1.165) is 44.5 Å². The monoisotopic (exact) mass is 311 g/mol. The number of benzene rings is 1. The number of hydrogen-bond acceptors (Lipinski definition) is 3. The van der Waals surface area contributed by atoms with Crippen molar-refractivity contribution in [1.82, 2.24) is 25.1 Å². The number of rotatable bonds is 2. The first-order valence-electron chi connectivity index (χ1n) is 7.71. The minimum Gasteiger partial charge on any atom is -0.352 e. The second-order valence-corrected chi connectivity index (χ2v) is 5.69. The quantitative estimate of drug-likeness (QED) is 0.514. The summed E-state index contributed by atoms with van der Waals surface area (Å²) >= 11 is 0. The molecule has 0 radical (unpaired) electrons. The molecule has 5 nitrogen and oxygen atoms in total. The summed E-state index contributed by atoms with van der Waals surface area (Å²) in [4.78, 5) is 12.0. The van der Waals surface area contributed by atoms with Crippen LogP contribution in [0.4, 0.5) is 0 Å². The third-order valence-corrected chi connectivity index (χ3v) is 4.20. The summed E-state index contributed by atoms with van der Waals surface area (Å²) in [5.41, 5.74) is 5.91. The van der Waals surface area contributed by atoms with E-state index in [1.807, 2.05) is 36.5 Å². The lowest BCUT2D eigenvalue weighted by atomic mass is 10.1. The number of aromatic amines is 2. The maximum Gasteiger partial charge on any atom is 0.116 e. The SMILES string of the molecule is c1ccc(-c2ccc3[nH]nc(-c4cc5ccncc5[nH]4)c3c2)nc1. The van der Waals surface area contributed by atoms with Gasteiger partial charge in [0.15, 0.2) is 0 Å². The fourth-order valence-corrected chi connectivity index (χ4v) is 3.01. The van der Waals surface area contributed by atoms with Crippen LogP contribution in [0, 0.1) is 0 Å². The second-order valence-electron chi connectivity index (χ2n) is 5.69. The lowest BCUT2D eigenvalue weighted by molar-refractivity contribution is 1.12. The van der Waals surface area contributed by atoms with Crippen LogP contribution in [0.25, 0.3) is 44.5 Å². The van der Waals surface area contributed by atoms with Crippen molar-refractivity contribution < 1.29 is 0 Å². The Balaban J connectivity index is 1.71. The van der Waals surface area contributed by atoms with Gasteiger partial charge in [-0.05, 0) is 36.4 Å². The minimum absolute atomic E-state index is 0.902. The van der Waals surface area contributed by atoms with Gasteiger partial charge >= 0.3 is 0 Å². The van der Waals surface area contributed by atoms with Gasteiger partial charge in [0.25, 0.3) is 0 Å². The molecule has 0 spiro atoms. The molecule has 0 aliphatic rings. The molecule has 0 bridgehead atoms. The number of fused-ring (bicyclic) bond motifs is 2. The predicted molar refractivity (Wildman–Crippen MR) is 94.4 cm³/mol. The van der Waals surface area contributed by atoms with Gasteiger partial charge < -0.3 is 4.98 Å². The zero-order valence-corrected chi connectivity index (χ0v) is 12.7. The number of hydrogen-bond donors (Lipinski definition) is 2. The number of nitrogens with zero attached hydrogens (tertiary/aromatic N) is 3. The first-order chi connectivity index (χ1) is 11.9. The fourth-order valence-electron chi connectivity index (χ4n) is 3.01. The van der Waals surface area contributed by atoms with E-state index in [-0.39, 0.29) is 0 Å². The van der Waals surface area contributed by atoms with Crippen LogP contribution >= 0.6 is 0 Å². The van der Waals surface area contributed by atoms with Crippen molar-refractivity contribution >= 4 is 21.8 Å². The molecule has 5 heteroatoms. The van der Waals surface area contributed by atoms with Gasteiger partial charge in [-0.3, -0.25) is 15.1 Å². The molecular formula is C19H13N5. The Hall–Kier alpha value is -3.47. The average Bonchev–Trinajstić information content (AvgIpc) is 3.25. The standard InChI is InChI=1S/C19H13N5/c1-2-7-21-15(3-1)12-4-5-16-14(9-12)19(24-23-16)17-10-13-6-8-20-11-18(13)22-17/h1-11,22H,(H,23,24). The Morgan fingerprint density at radius 2 is 1.88 bits per heavy atom. The van der Waals surface area contributed by atoms with Gasteiger partial charge in [0.2, 0.25) is 0 Å². The maximum atomic E-state index is 4.50. The smallest absolute Gasteiger partial charge is 0.116 e. The summed E-state index contributed by atoms with van der Waals surface area (Å²) in [5.74, 6) is 0. The summed E-state index contributed by atoms with van der Waals surface area (Å²) in [7, 11) is 0. The van der Waals surface area contributed by atoms with Gasteiger partial charge in [0.05, 0.1) is 28.6 Å². The average molecular weight is 311 g/mol. The molecule has 4 aromatic heterocycles. The van der Waals surface area contributed by atoms with Crippen LogP contribution in [0.2, 0.25) is 0 Å². The van der Waals surface area contributed by atoms with Gasteiger partial charge in [-0.15, -0.1) is 0 Å². The molecular weight excluding hydrogens is 298 g/mol. The molecule has 0 amide bonds. The van der Waals surface area contributed by atoms with E-state index in [9.17, 15) is 0 Å². The maximum absolute atomic E-state index is 4.50. The molecule has 114 valence electrons. The van der Waals surface area contributed by atoms with Crippen LogP contribution in [0.3, 0.4) is 0 Å². The van der Waals surface area contributed by atoms with Crippen molar-refractivity contribution in [3.8, 4) is 22.6 Å². The summed E-state index contributed by atoms with van der Waals surface area (Å²) in [6.07, 6.45) is 5.43. The molecule has 0 atom stereocenters. The van der Waals surface area contributed by atoms with E-state index in [1.54, 1.807) is 12.4 Å². The first kappa shape index (κ1) is 13.0. The molecule has 0 saturated carbocycles. The van der Waals surface area contributed by atoms with E-state index in [2.05, 4.69) is 43.3 Å². The van der Waals surface area contributed by atoms with Gasteiger partial charge in [-0.25, -0.2) is 0 Å². The number of nitrogens with one attached hydrogen (secondary N) is 2. The van der Waals surface area contributed by atoms with Crippen molar-refractivity contribution in [3.63, 3.8) is 0 Å². The van der Waals surface area contributed by atoms with E-state index >= 15 is 0 Å². The van der Waals surface area contributed by atoms with E-state index in [4.69, 9.17) is 0 Å². The molecule has 0 fully saturated rings. The van der Waals surface area contributed by atoms with Crippen LogP contribution < -0.4 is 0 Å². The van der Waals surface area contributed by atoms with Gasteiger partial charge in [-0.2, -0.15) is 5.10 Å². The molecule has 0 saturated heterocycles. The second kappa shape index (κ2) is 5.03. The Labute approximate surface area is 137 Å². The Morgan fingerprint density at radius 3 is 2.75 bits per heavy atom. The zero-order valence-electron chi connectivity index (χ0n) is 12.7. The van der Waals surface area contributed by atoms with Crippen LogP contribution in [0.5, 0.6) is 0 Å². The molecule has 24 heavy (non-hydrogen) atoms. The fraction of sp³-hybridized carbons (Fsp3) is 0. The van der Waals surface area contributed by atoms with Crippen LogP contribution in [0.15, 0.2) is 67.1 Å². The normalized spacial score (nSPS) is 11.3. The van der Waals surface area contributed by atoms with Crippen LogP contribution in [-0.4, -0.2) is 25.1 Å². The van der Waals surface area contributed by atoms with Crippen molar-refractivity contribution in [2.24, 2.45) is 0 Å². The van der Waals surface area contributed by atoms with Crippen LogP contribution in [0.1, 0.15) is 0 Å². The van der Waals surface area contributed by atoms with E-state index < -0.39 is 0 Å². The highest BCUT2D eigenvalue weighted by Gasteiger charge is 2.12. The van der Waals surface area contributed by atoms with Gasteiger partial charge in [0, 0.05) is 28.7 Å². The van der Waals surface area contributed by atoms with E-state index in [1.165, 1.54) is 0 Å². The van der Waals surface area contributed by atoms with Gasteiger partial charge in [-0.1, -0.05) is 12.1 Å². The highest BCUT2D eigenvalue weighted by molar-refractivity contribution is 5.97. The van der Waals surface area contributed by atoms with E-state index in [0.29, 0.717) is 0 Å². The molecule has 0 aliphatic carbocycles. The summed E-state index contributed by atoms with van der Waals surface area (Å²) in [5, 5.41) is 9.79. The lowest BCUT2D eigenvalue weighted by Gasteiger charge is -2.01. The molecule has 2 N–H and O–H groups in total. The summed E-state index contributed by atoms with van der Waals surface area (Å²) in [6.45, 7) is 0. The highest BCUT2D eigenvalue weighted by atomic mass is 15.1. The van der Waals surface area contributed by atoms with Crippen molar-refractivity contribution in [3.05, 3.63) is 67.1 Å². The number of aromatic nitrogens is 5. The van der Waals surface area contributed by atoms with Crippen molar-refractivity contribution in [2.75, 3.05) is 0 Å². The largest absolute Gasteiger partial charge is 0.352 e.